The molecule has 1 N–H and O–H groups in total. The number of ether oxygens (including phenoxy) is 3. The second-order valence-corrected chi connectivity index (χ2v) is 21.4. The lowest BCUT2D eigenvalue weighted by Crippen LogP contribution is -2.12. The molecule has 7 rings (SSSR count). The molecule has 1 aromatic heterocycles. The van der Waals surface area contributed by atoms with Crippen molar-refractivity contribution in [1.29, 1.82) is 0 Å². The number of rotatable bonds is 28. The van der Waals surface area contributed by atoms with Crippen molar-refractivity contribution < 1.29 is 14.2 Å². The van der Waals surface area contributed by atoms with Gasteiger partial charge in [-0.05, 0) is 164 Å². The van der Waals surface area contributed by atoms with Crippen LogP contribution in [0.4, 0.5) is 28.4 Å². The Balaban J connectivity index is 0.000000338. The summed E-state index contributed by atoms with van der Waals surface area (Å²) in [6.45, 7) is 28.9. The van der Waals surface area contributed by atoms with Crippen molar-refractivity contribution in [2.75, 3.05) is 30.0 Å². The van der Waals surface area contributed by atoms with Crippen LogP contribution in [0.2, 0.25) is 0 Å². The van der Waals surface area contributed by atoms with Gasteiger partial charge in [0.25, 0.3) is 0 Å². The highest BCUT2D eigenvalue weighted by Crippen LogP contribution is 2.40. The van der Waals surface area contributed by atoms with Gasteiger partial charge in [0.1, 0.15) is 17.2 Å². The van der Waals surface area contributed by atoms with E-state index >= 15 is 0 Å². The number of nitrogens with one attached hydrogen (secondary N) is 1. The maximum atomic E-state index is 6.27. The number of anilines is 5. The van der Waals surface area contributed by atoms with E-state index in [-0.39, 0.29) is 0 Å². The van der Waals surface area contributed by atoms with Crippen molar-refractivity contribution in [3.8, 4) is 17.2 Å². The summed E-state index contributed by atoms with van der Waals surface area (Å²) >= 11 is 0. The first-order valence-corrected chi connectivity index (χ1v) is 30.3. The predicted octanol–water partition coefficient (Wildman–Crippen LogP) is 22.0. The lowest BCUT2D eigenvalue weighted by Gasteiger charge is -2.26. The molecule has 0 aliphatic rings. The number of para-hydroxylation sites is 1. The molecule has 0 radical (unpaired) electrons. The van der Waals surface area contributed by atoms with Crippen molar-refractivity contribution >= 4 is 50.2 Å². The fraction of sp³-hybridized carbons (Fsp3) is 0.493. The van der Waals surface area contributed by atoms with Gasteiger partial charge >= 0.3 is 0 Å². The van der Waals surface area contributed by atoms with Crippen LogP contribution in [0, 0.1) is 23.7 Å². The molecule has 0 fully saturated rings. The van der Waals surface area contributed by atoms with E-state index in [2.05, 4.69) is 232 Å². The van der Waals surface area contributed by atoms with Crippen LogP contribution in [0.3, 0.4) is 0 Å². The van der Waals surface area contributed by atoms with Gasteiger partial charge in [-0.1, -0.05) is 184 Å². The van der Waals surface area contributed by atoms with Crippen LogP contribution in [0.1, 0.15) is 179 Å². The topological polar surface area (TPSA) is 47.9 Å². The monoisotopic (exact) mass is 1050 g/mol. The van der Waals surface area contributed by atoms with Crippen molar-refractivity contribution in [2.24, 2.45) is 30.7 Å². The van der Waals surface area contributed by atoms with Gasteiger partial charge < -0.3 is 29.0 Å². The van der Waals surface area contributed by atoms with Crippen LogP contribution in [-0.2, 0) is 13.5 Å². The van der Waals surface area contributed by atoms with E-state index in [4.69, 9.17) is 14.2 Å². The van der Waals surface area contributed by atoms with E-state index in [0.717, 1.165) is 90.7 Å². The Morgan fingerprint density at radius 3 is 1.34 bits per heavy atom. The van der Waals surface area contributed by atoms with Crippen LogP contribution >= 0.6 is 0 Å². The van der Waals surface area contributed by atoms with E-state index in [1.54, 1.807) is 0 Å². The highest BCUT2D eigenvalue weighted by atomic mass is 16.5. The zero-order valence-corrected chi connectivity index (χ0v) is 50.4. The first-order valence-electron chi connectivity index (χ1n) is 30.3. The second-order valence-electron chi connectivity index (χ2n) is 21.4. The third-order valence-corrected chi connectivity index (χ3v) is 14.7. The van der Waals surface area contributed by atoms with Gasteiger partial charge in [0, 0.05) is 57.3 Å². The molecule has 7 aromatic rings. The Labute approximate surface area is 469 Å². The fourth-order valence-corrected chi connectivity index (χ4v) is 9.33. The molecule has 0 saturated carbocycles. The SMILES string of the molecule is CCC.CCC.CCC(C)COc1ccc(Nc2ccc(CCC(CC)CC)cc2)cc1.CCCCC(CC)COc1ccc(N(c2ccc(OCC(CC)CCCC)cc2)c2ccc3c(c2)c2ccccc2n3C)cc1. The maximum absolute atomic E-state index is 6.27. The second kappa shape index (κ2) is 36.3. The number of aromatic nitrogens is 1. The molecule has 3 unspecified atom stereocenters. The largest absolute Gasteiger partial charge is 0.493 e. The minimum Gasteiger partial charge on any atom is -0.493 e. The smallest absolute Gasteiger partial charge is 0.119 e. The van der Waals surface area contributed by atoms with Crippen LogP contribution in [0.25, 0.3) is 21.8 Å². The van der Waals surface area contributed by atoms with Gasteiger partial charge in [-0.3, -0.25) is 0 Å². The Morgan fingerprint density at radius 1 is 0.442 bits per heavy atom. The van der Waals surface area contributed by atoms with Gasteiger partial charge in [0.05, 0.1) is 19.8 Å². The van der Waals surface area contributed by atoms with Crippen molar-refractivity contribution in [1.82, 2.24) is 4.57 Å². The summed E-state index contributed by atoms with van der Waals surface area (Å²) in [6, 6.07) is 49.7. The summed E-state index contributed by atoms with van der Waals surface area (Å²) in [6.07, 6.45) is 18.4. The number of unbranched alkanes of at least 4 members (excludes halogenated alkanes) is 2. The minimum absolute atomic E-state index is 0.594. The Kier molecular flexibility index (Phi) is 30.0. The molecule has 6 aromatic carbocycles. The molecular formula is C71H103N3O3. The number of hydrogen-bond donors (Lipinski definition) is 1. The minimum atomic E-state index is 0.594. The molecule has 3 atom stereocenters. The molecule has 0 amide bonds. The van der Waals surface area contributed by atoms with E-state index < -0.39 is 0 Å². The van der Waals surface area contributed by atoms with Crippen LogP contribution in [0.15, 0.2) is 140 Å². The normalized spacial score (nSPS) is 12.1. The molecular weight excluding hydrogens is 943 g/mol. The molecule has 6 heteroatoms. The molecule has 1 heterocycles. The molecule has 420 valence electrons. The summed E-state index contributed by atoms with van der Waals surface area (Å²) < 4.78 is 20.6. The Hall–Kier alpha value is -5.88. The average Bonchev–Trinajstić information content (AvgIpc) is 3.77. The van der Waals surface area contributed by atoms with Gasteiger partial charge in [-0.25, -0.2) is 0 Å². The molecule has 6 nitrogen and oxygen atoms in total. The highest BCUT2D eigenvalue weighted by Gasteiger charge is 2.17. The summed E-state index contributed by atoms with van der Waals surface area (Å²) in [5.74, 6) is 5.45. The first kappa shape index (κ1) is 63.7. The van der Waals surface area contributed by atoms with E-state index in [9.17, 15) is 0 Å². The number of benzene rings is 6. The fourth-order valence-electron chi connectivity index (χ4n) is 9.33. The zero-order valence-electron chi connectivity index (χ0n) is 50.4. The van der Waals surface area contributed by atoms with E-state index in [0.29, 0.717) is 17.8 Å². The molecule has 0 aliphatic carbocycles. The van der Waals surface area contributed by atoms with Gasteiger partial charge in [0.2, 0.25) is 0 Å². The standard InChI is InChI=1S/C41H52N2O2.C24H35NO.2C3H8/c1-6-10-14-31(8-3)29-44-36-23-18-33(19-24-36)43(34-20-25-37(26-21-34)45-30-32(9-4)15-11-7-2)35-22-27-41-39(28-35)38-16-12-13-17-40(38)42(41)5;1-5-19(4)18-26-24-16-14-23(15-17-24)25-22-12-10-21(11-13-22)9-8-20(6-2)7-3;2*1-3-2/h12-13,16-28,31-32H,6-11,14-15,29-30H2,1-5H3;10-17,19-20,25H,5-9,18H2,1-4H3;2*3H2,1-2H3. The van der Waals surface area contributed by atoms with E-state index in [1.165, 1.54) is 104 Å². The summed E-state index contributed by atoms with van der Waals surface area (Å²) in [4.78, 5) is 2.33. The summed E-state index contributed by atoms with van der Waals surface area (Å²) in [7, 11) is 2.15. The number of hydrogen-bond acceptors (Lipinski definition) is 5. The lowest BCUT2D eigenvalue weighted by molar-refractivity contribution is 0.233. The lowest BCUT2D eigenvalue weighted by atomic mass is 9.95. The first-order chi connectivity index (χ1) is 37.5. The van der Waals surface area contributed by atoms with Crippen molar-refractivity contribution in [3.63, 3.8) is 0 Å². The Morgan fingerprint density at radius 2 is 0.870 bits per heavy atom. The third-order valence-electron chi connectivity index (χ3n) is 14.7. The number of fused-ring (bicyclic) bond motifs is 3. The number of nitrogens with zero attached hydrogens (tertiary/aromatic N) is 2. The predicted molar refractivity (Wildman–Crippen MR) is 338 cm³/mol. The number of aryl methyl sites for hydroxylation is 2. The summed E-state index contributed by atoms with van der Waals surface area (Å²) in [5, 5.41) is 5.99. The van der Waals surface area contributed by atoms with Gasteiger partial charge in [-0.15, -0.1) is 0 Å². The van der Waals surface area contributed by atoms with Crippen LogP contribution in [-0.4, -0.2) is 24.4 Å². The summed E-state index contributed by atoms with van der Waals surface area (Å²) in [5.41, 5.74) is 9.43. The Bertz CT molecular complexity index is 2530. The average molecular weight is 1050 g/mol. The zero-order chi connectivity index (χ0) is 55.8. The molecule has 0 spiro atoms. The van der Waals surface area contributed by atoms with Gasteiger partial charge in [-0.2, -0.15) is 0 Å². The van der Waals surface area contributed by atoms with Crippen molar-refractivity contribution in [2.45, 2.75) is 179 Å². The van der Waals surface area contributed by atoms with Crippen molar-refractivity contribution in [3.05, 3.63) is 145 Å². The molecule has 0 aliphatic heterocycles. The van der Waals surface area contributed by atoms with Gasteiger partial charge in [0.15, 0.2) is 0 Å². The molecule has 0 saturated heterocycles. The van der Waals surface area contributed by atoms with Crippen LogP contribution < -0.4 is 24.4 Å². The maximum Gasteiger partial charge on any atom is 0.119 e. The highest BCUT2D eigenvalue weighted by molar-refractivity contribution is 6.09. The third kappa shape index (κ3) is 21.1. The van der Waals surface area contributed by atoms with Crippen LogP contribution in [0.5, 0.6) is 17.2 Å². The van der Waals surface area contributed by atoms with E-state index in [1.807, 2.05) is 12.1 Å². The molecule has 0 bridgehead atoms. The quantitative estimate of drug-likeness (QED) is 0.0530. The molecule has 77 heavy (non-hydrogen) atoms.